The standard InChI is InChI=1S/C7H7F3N2OS/c8-7(9,10)6-4-3-14-2-1-5(4)12(13)11-6/h13H,1-3H2. The molecule has 2 rings (SSSR count). The summed E-state index contributed by atoms with van der Waals surface area (Å²) in [6.45, 7) is 0. The van der Waals surface area contributed by atoms with Crippen LogP contribution in [0.1, 0.15) is 17.0 Å². The van der Waals surface area contributed by atoms with E-state index < -0.39 is 11.9 Å². The fourth-order valence-electron chi connectivity index (χ4n) is 1.45. The Labute approximate surface area is 81.9 Å². The number of thioether (sulfide) groups is 1. The first-order valence-electron chi connectivity index (χ1n) is 3.95. The Morgan fingerprint density at radius 3 is 2.79 bits per heavy atom. The second kappa shape index (κ2) is 3.08. The van der Waals surface area contributed by atoms with E-state index >= 15 is 0 Å². The molecule has 0 unspecified atom stereocenters. The predicted octanol–water partition coefficient (Wildman–Crippen LogP) is 1.93. The van der Waals surface area contributed by atoms with E-state index in [-0.39, 0.29) is 17.0 Å². The summed E-state index contributed by atoms with van der Waals surface area (Å²) in [6, 6.07) is 0. The Kier molecular flexibility index (Phi) is 2.13. The summed E-state index contributed by atoms with van der Waals surface area (Å²) in [4.78, 5) is 0.359. The molecule has 0 saturated heterocycles. The van der Waals surface area contributed by atoms with Crippen LogP contribution in [0.5, 0.6) is 0 Å². The molecule has 0 atom stereocenters. The highest BCUT2D eigenvalue weighted by molar-refractivity contribution is 7.98. The average Bonchev–Trinajstić information content (AvgIpc) is 2.44. The number of fused-ring (bicyclic) bond motifs is 1. The molecule has 0 fully saturated rings. The zero-order chi connectivity index (χ0) is 10.3. The van der Waals surface area contributed by atoms with Crippen molar-refractivity contribution in [2.75, 3.05) is 5.75 Å². The highest BCUT2D eigenvalue weighted by atomic mass is 32.2. The van der Waals surface area contributed by atoms with Crippen molar-refractivity contribution in [3.63, 3.8) is 0 Å². The Morgan fingerprint density at radius 2 is 2.14 bits per heavy atom. The van der Waals surface area contributed by atoms with E-state index in [1.165, 1.54) is 11.8 Å². The fourth-order valence-corrected chi connectivity index (χ4v) is 2.44. The number of alkyl halides is 3. The van der Waals surface area contributed by atoms with Gasteiger partial charge in [0.1, 0.15) is 0 Å². The summed E-state index contributed by atoms with van der Waals surface area (Å²) >= 11 is 1.42. The van der Waals surface area contributed by atoms with Crippen molar-refractivity contribution in [1.29, 1.82) is 0 Å². The van der Waals surface area contributed by atoms with Crippen LogP contribution in [-0.2, 0) is 18.3 Å². The topological polar surface area (TPSA) is 38.0 Å². The molecule has 7 heteroatoms. The smallest absolute Gasteiger partial charge is 0.411 e. The number of aromatic nitrogens is 2. The number of rotatable bonds is 0. The lowest BCUT2D eigenvalue weighted by Gasteiger charge is -2.12. The van der Waals surface area contributed by atoms with Crippen molar-refractivity contribution < 1.29 is 18.4 Å². The summed E-state index contributed by atoms with van der Waals surface area (Å²) < 4.78 is 37.2. The lowest BCUT2D eigenvalue weighted by molar-refractivity contribution is -0.143. The molecule has 1 aliphatic heterocycles. The van der Waals surface area contributed by atoms with Gasteiger partial charge in [0.25, 0.3) is 0 Å². The zero-order valence-corrected chi connectivity index (χ0v) is 7.82. The van der Waals surface area contributed by atoms with Crippen LogP contribution in [0.15, 0.2) is 0 Å². The maximum Gasteiger partial charge on any atom is 0.435 e. The quantitative estimate of drug-likeness (QED) is 0.684. The van der Waals surface area contributed by atoms with Gasteiger partial charge in [0.15, 0.2) is 5.69 Å². The molecule has 0 bridgehead atoms. The van der Waals surface area contributed by atoms with Crippen molar-refractivity contribution in [1.82, 2.24) is 9.94 Å². The minimum atomic E-state index is -4.48. The number of hydrogen-bond donors (Lipinski definition) is 1. The molecule has 0 saturated carbocycles. The van der Waals surface area contributed by atoms with Gasteiger partial charge in [-0.05, 0) is 5.75 Å². The maximum absolute atomic E-state index is 12.4. The van der Waals surface area contributed by atoms with Gasteiger partial charge in [-0.25, -0.2) is 0 Å². The van der Waals surface area contributed by atoms with Crippen LogP contribution in [0, 0.1) is 0 Å². The van der Waals surface area contributed by atoms with E-state index in [0.717, 1.165) is 5.75 Å². The van der Waals surface area contributed by atoms with Crippen LogP contribution in [-0.4, -0.2) is 20.9 Å². The fraction of sp³-hybridized carbons (Fsp3) is 0.571. The molecule has 0 aromatic carbocycles. The van der Waals surface area contributed by atoms with Gasteiger partial charge >= 0.3 is 6.18 Å². The molecule has 2 heterocycles. The third-order valence-corrected chi connectivity index (χ3v) is 3.05. The van der Waals surface area contributed by atoms with Crippen LogP contribution in [0.3, 0.4) is 0 Å². The lowest BCUT2D eigenvalue weighted by atomic mass is 10.1. The first-order chi connectivity index (χ1) is 6.50. The van der Waals surface area contributed by atoms with Crippen LogP contribution in [0.4, 0.5) is 13.2 Å². The van der Waals surface area contributed by atoms with Gasteiger partial charge in [0.2, 0.25) is 0 Å². The SMILES string of the molecule is On1nc(C(F)(F)F)c2c1CCSC2. The third-order valence-electron chi connectivity index (χ3n) is 2.07. The molecular weight excluding hydrogens is 217 g/mol. The molecule has 0 spiro atoms. The maximum atomic E-state index is 12.4. The normalized spacial score (nSPS) is 16.8. The average molecular weight is 224 g/mol. The van der Waals surface area contributed by atoms with Crippen molar-refractivity contribution >= 4 is 11.8 Å². The van der Waals surface area contributed by atoms with E-state index in [2.05, 4.69) is 5.10 Å². The first-order valence-corrected chi connectivity index (χ1v) is 5.10. The van der Waals surface area contributed by atoms with E-state index in [9.17, 15) is 13.2 Å². The van der Waals surface area contributed by atoms with E-state index in [0.29, 0.717) is 11.3 Å². The van der Waals surface area contributed by atoms with Gasteiger partial charge in [0, 0.05) is 17.7 Å². The van der Waals surface area contributed by atoms with Crippen LogP contribution >= 0.6 is 11.8 Å². The Bertz CT molecular complexity index is 361. The summed E-state index contributed by atoms with van der Waals surface area (Å²) in [6.07, 6.45) is -4.05. The predicted molar refractivity (Wildman–Crippen MR) is 44.3 cm³/mol. The van der Waals surface area contributed by atoms with Crippen molar-refractivity contribution in [3.05, 3.63) is 17.0 Å². The molecule has 14 heavy (non-hydrogen) atoms. The third kappa shape index (κ3) is 1.45. The Hall–Kier alpha value is -0.850. The monoisotopic (exact) mass is 224 g/mol. The van der Waals surface area contributed by atoms with Gasteiger partial charge in [-0.2, -0.15) is 24.9 Å². The van der Waals surface area contributed by atoms with E-state index in [1.54, 1.807) is 0 Å². The van der Waals surface area contributed by atoms with E-state index in [4.69, 9.17) is 5.21 Å². The van der Waals surface area contributed by atoms with Crippen LogP contribution in [0.2, 0.25) is 0 Å². The van der Waals surface area contributed by atoms with Crippen LogP contribution in [0.25, 0.3) is 0 Å². The molecule has 0 amide bonds. The lowest BCUT2D eigenvalue weighted by Crippen LogP contribution is -2.10. The highest BCUT2D eigenvalue weighted by Gasteiger charge is 2.39. The molecular formula is C7H7F3N2OS. The molecule has 1 aromatic heterocycles. The molecule has 1 N–H and O–H groups in total. The number of hydrogen-bond acceptors (Lipinski definition) is 3. The van der Waals surface area contributed by atoms with Crippen LogP contribution < -0.4 is 0 Å². The molecule has 3 nitrogen and oxygen atoms in total. The van der Waals surface area contributed by atoms with Gasteiger partial charge in [-0.1, -0.05) is 0 Å². The number of halogens is 3. The summed E-state index contributed by atoms with van der Waals surface area (Å²) in [5.74, 6) is 0.987. The van der Waals surface area contributed by atoms with Gasteiger partial charge in [-0.15, -0.1) is 9.94 Å². The molecule has 0 radical (unpaired) electrons. The minimum Gasteiger partial charge on any atom is -0.411 e. The summed E-state index contributed by atoms with van der Waals surface area (Å²) in [5, 5.41) is 12.2. The Morgan fingerprint density at radius 1 is 1.43 bits per heavy atom. The molecule has 0 aliphatic carbocycles. The van der Waals surface area contributed by atoms with Crippen molar-refractivity contribution in [2.24, 2.45) is 0 Å². The molecule has 1 aromatic rings. The van der Waals surface area contributed by atoms with Gasteiger partial charge in [-0.3, -0.25) is 0 Å². The largest absolute Gasteiger partial charge is 0.435 e. The Balaban J connectivity index is 2.52. The minimum absolute atomic E-state index is 0.122. The summed E-state index contributed by atoms with van der Waals surface area (Å²) in [5.41, 5.74) is -0.547. The van der Waals surface area contributed by atoms with Crippen molar-refractivity contribution in [3.8, 4) is 0 Å². The second-order valence-electron chi connectivity index (χ2n) is 2.96. The highest BCUT2D eigenvalue weighted by Crippen LogP contribution is 2.36. The van der Waals surface area contributed by atoms with E-state index in [1.807, 2.05) is 0 Å². The van der Waals surface area contributed by atoms with Gasteiger partial charge in [0.05, 0.1) is 5.69 Å². The second-order valence-corrected chi connectivity index (χ2v) is 4.07. The van der Waals surface area contributed by atoms with Crippen molar-refractivity contribution in [2.45, 2.75) is 18.3 Å². The summed E-state index contributed by atoms with van der Waals surface area (Å²) in [7, 11) is 0. The first kappa shape index (κ1) is 9.70. The zero-order valence-electron chi connectivity index (χ0n) is 7.01. The molecule has 1 aliphatic rings. The number of nitrogens with zero attached hydrogens (tertiary/aromatic N) is 2. The van der Waals surface area contributed by atoms with Gasteiger partial charge < -0.3 is 5.21 Å². The molecule has 78 valence electrons.